The van der Waals surface area contributed by atoms with Crippen LogP contribution in [0.5, 0.6) is 0 Å². The average Bonchev–Trinajstić information content (AvgIpc) is 3.31. The van der Waals surface area contributed by atoms with Crippen molar-refractivity contribution in [2.24, 2.45) is 0 Å². The summed E-state index contributed by atoms with van der Waals surface area (Å²) in [5, 5.41) is 7.34. The Kier molecular flexibility index (Phi) is 5.76. The van der Waals surface area contributed by atoms with Crippen molar-refractivity contribution < 1.29 is 9.21 Å². The smallest absolute Gasteiger partial charge is 0.293 e. The molecule has 4 aromatic rings. The molecule has 0 spiro atoms. The van der Waals surface area contributed by atoms with Gasteiger partial charge in [-0.3, -0.25) is 10.1 Å². The Bertz CT molecular complexity index is 1250. The lowest BCUT2D eigenvalue weighted by molar-refractivity contribution is 0.0951. The molecular formula is C19H10Cl3N3O2S2. The number of nitrogens with one attached hydrogen (secondary N) is 2. The van der Waals surface area contributed by atoms with Crippen molar-refractivity contribution >= 4 is 84.7 Å². The lowest BCUT2D eigenvalue weighted by Crippen LogP contribution is -2.33. The van der Waals surface area contributed by atoms with E-state index in [4.69, 9.17) is 51.4 Å². The highest BCUT2D eigenvalue weighted by Gasteiger charge is 2.17. The first-order chi connectivity index (χ1) is 13.9. The van der Waals surface area contributed by atoms with Gasteiger partial charge in [0.2, 0.25) is 0 Å². The summed E-state index contributed by atoms with van der Waals surface area (Å²) < 4.78 is 6.51. The van der Waals surface area contributed by atoms with Gasteiger partial charge in [-0.1, -0.05) is 58.3 Å². The van der Waals surface area contributed by atoms with Crippen LogP contribution < -0.4 is 10.6 Å². The van der Waals surface area contributed by atoms with E-state index in [0.717, 1.165) is 4.70 Å². The van der Waals surface area contributed by atoms with Crippen LogP contribution in [0.25, 0.3) is 21.5 Å². The van der Waals surface area contributed by atoms with Gasteiger partial charge in [-0.05, 0) is 48.6 Å². The Balaban J connectivity index is 1.46. The van der Waals surface area contributed by atoms with Crippen molar-refractivity contribution in [3.05, 3.63) is 69.4 Å². The van der Waals surface area contributed by atoms with E-state index in [2.05, 4.69) is 15.6 Å². The number of nitrogens with zero attached hydrogens (tertiary/aromatic N) is 1. The van der Waals surface area contributed by atoms with Gasteiger partial charge in [0.1, 0.15) is 11.3 Å². The fraction of sp³-hybridized carbons (Fsp3) is 0. The summed E-state index contributed by atoms with van der Waals surface area (Å²) in [4.78, 5) is 16.8. The van der Waals surface area contributed by atoms with Crippen LogP contribution in [0.4, 0.5) is 5.13 Å². The summed E-state index contributed by atoms with van der Waals surface area (Å²) >= 11 is 24.9. The fourth-order valence-electron chi connectivity index (χ4n) is 2.56. The number of aromatic nitrogens is 1. The molecule has 4 rings (SSSR count). The first-order valence-corrected chi connectivity index (χ1v) is 10.5. The second-order valence-electron chi connectivity index (χ2n) is 5.78. The molecule has 5 nitrogen and oxygen atoms in total. The van der Waals surface area contributed by atoms with Gasteiger partial charge < -0.3 is 9.73 Å². The highest BCUT2D eigenvalue weighted by Crippen LogP contribution is 2.34. The predicted octanol–water partition coefficient (Wildman–Crippen LogP) is 6.64. The van der Waals surface area contributed by atoms with Crippen LogP contribution in [0.2, 0.25) is 15.1 Å². The third kappa shape index (κ3) is 4.24. The molecule has 0 bridgehead atoms. The van der Waals surface area contributed by atoms with Crippen LogP contribution in [0.15, 0.2) is 52.9 Å². The third-order valence-electron chi connectivity index (χ3n) is 3.86. The lowest BCUT2D eigenvalue weighted by Gasteiger charge is -2.05. The van der Waals surface area contributed by atoms with E-state index in [9.17, 15) is 4.79 Å². The van der Waals surface area contributed by atoms with E-state index in [1.807, 2.05) is 12.1 Å². The van der Waals surface area contributed by atoms with Crippen molar-refractivity contribution in [2.75, 3.05) is 5.32 Å². The molecular weight excluding hydrogens is 473 g/mol. The highest BCUT2D eigenvalue weighted by atomic mass is 35.5. The zero-order valence-corrected chi connectivity index (χ0v) is 18.2. The zero-order valence-electron chi connectivity index (χ0n) is 14.3. The van der Waals surface area contributed by atoms with E-state index in [1.54, 1.807) is 30.3 Å². The van der Waals surface area contributed by atoms with Gasteiger partial charge >= 0.3 is 0 Å². The summed E-state index contributed by atoms with van der Waals surface area (Å²) in [5.41, 5.74) is 1.26. The molecule has 146 valence electrons. The number of rotatable bonds is 3. The van der Waals surface area contributed by atoms with Crippen molar-refractivity contribution in [2.45, 2.75) is 0 Å². The highest BCUT2D eigenvalue weighted by molar-refractivity contribution is 7.80. The summed E-state index contributed by atoms with van der Waals surface area (Å²) in [5.74, 6) is -0.0130. The van der Waals surface area contributed by atoms with E-state index in [0.29, 0.717) is 37.0 Å². The van der Waals surface area contributed by atoms with E-state index in [-0.39, 0.29) is 10.9 Å². The number of fused-ring (bicyclic) bond motifs is 1. The number of anilines is 1. The van der Waals surface area contributed by atoms with Crippen LogP contribution in [0.3, 0.4) is 0 Å². The summed E-state index contributed by atoms with van der Waals surface area (Å²) in [7, 11) is 0. The molecule has 2 aromatic heterocycles. The normalized spacial score (nSPS) is 10.9. The fourth-order valence-corrected chi connectivity index (χ4v) is 4.38. The molecule has 0 radical (unpaired) electrons. The van der Waals surface area contributed by atoms with E-state index >= 15 is 0 Å². The number of benzene rings is 2. The minimum absolute atomic E-state index is 0.0764. The molecule has 0 fully saturated rings. The average molecular weight is 483 g/mol. The minimum atomic E-state index is -0.508. The first-order valence-electron chi connectivity index (χ1n) is 8.14. The Labute approximate surface area is 189 Å². The van der Waals surface area contributed by atoms with Gasteiger partial charge in [-0.15, -0.1) is 0 Å². The molecule has 0 aliphatic heterocycles. The van der Waals surface area contributed by atoms with Crippen molar-refractivity contribution in [1.29, 1.82) is 0 Å². The molecule has 2 N–H and O–H groups in total. The largest absolute Gasteiger partial charge is 0.451 e. The van der Waals surface area contributed by atoms with Gasteiger partial charge in [0.25, 0.3) is 5.91 Å². The monoisotopic (exact) mass is 481 g/mol. The Morgan fingerprint density at radius 1 is 1.03 bits per heavy atom. The maximum absolute atomic E-state index is 12.4. The summed E-state index contributed by atoms with van der Waals surface area (Å²) in [6.45, 7) is 0. The predicted molar refractivity (Wildman–Crippen MR) is 122 cm³/mol. The van der Waals surface area contributed by atoms with Crippen LogP contribution in [0, 0.1) is 0 Å². The second-order valence-corrected chi connectivity index (χ2v) is 8.41. The molecule has 0 saturated carbocycles. The molecule has 2 heterocycles. The molecule has 2 aromatic carbocycles. The Morgan fingerprint density at radius 2 is 1.79 bits per heavy atom. The molecule has 0 atom stereocenters. The zero-order chi connectivity index (χ0) is 20.5. The Hall–Kier alpha value is -2.16. The number of thiazole rings is 1. The molecule has 0 saturated heterocycles. The maximum atomic E-state index is 12.4. The van der Waals surface area contributed by atoms with E-state index < -0.39 is 5.91 Å². The number of para-hydroxylation sites is 1. The molecule has 0 aliphatic carbocycles. The quantitative estimate of drug-likeness (QED) is 0.320. The van der Waals surface area contributed by atoms with Gasteiger partial charge in [0.05, 0.1) is 19.8 Å². The molecule has 0 aliphatic rings. The molecule has 29 heavy (non-hydrogen) atoms. The number of furan rings is 1. The van der Waals surface area contributed by atoms with Crippen molar-refractivity contribution in [3.8, 4) is 11.3 Å². The summed E-state index contributed by atoms with van der Waals surface area (Å²) in [6.07, 6.45) is 0. The Morgan fingerprint density at radius 3 is 2.59 bits per heavy atom. The van der Waals surface area contributed by atoms with Crippen molar-refractivity contribution in [1.82, 2.24) is 10.3 Å². The third-order valence-corrected chi connectivity index (χ3v) is 6.13. The number of carbonyl (C=O) groups excluding carboxylic acids is 1. The van der Waals surface area contributed by atoms with Crippen LogP contribution in [-0.4, -0.2) is 16.0 Å². The standard InChI is InChI=1S/C19H10Cl3N3O2S2/c20-10-4-1-3-9(15(10)22)12-7-8-13(27-12)17(26)24-18(28)25-19-23-16-11(21)5-2-6-14(16)29-19/h1-8H,(H2,23,24,25,26,28). The van der Waals surface area contributed by atoms with Gasteiger partial charge in [0.15, 0.2) is 16.0 Å². The van der Waals surface area contributed by atoms with Crippen LogP contribution in [-0.2, 0) is 0 Å². The number of halogens is 3. The van der Waals surface area contributed by atoms with Gasteiger partial charge in [-0.25, -0.2) is 4.98 Å². The SMILES string of the molecule is O=C(NC(=S)Nc1nc2c(Cl)cccc2s1)c1ccc(-c2cccc(Cl)c2Cl)o1. The van der Waals surface area contributed by atoms with Gasteiger partial charge in [0, 0.05) is 5.56 Å². The van der Waals surface area contributed by atoms with E-state index in [1.165, 1.54) is 17.4 Å². The number of hydrogen-bond donors (Lipinski definition) is 2. The number of thiocarbonyl (C=S) groups is 1. The summed E-state index contributed by atoms with van der Waals surface area (Å²) in [6, 6.07) is 13.8. The number of amides is 1. The minimum Gasteiger partial charge on any atom is -0.451 e. The topological polar surface area (TPSA) is 67.2 Å². The lowest BCUT2D eigenvalue weighted by atomic mass is 10.2. The number of carbonyl (C=O) groups is 1. The van der Waals surface area contributed by atoms with Crippen LogP contribution >= 0.6 is 58.4 Å². The maximum Gasteiger partial charge on any atom is 0.293 e. The van der Waals surface area contributed by atoms with Crippen LogP contribution in [0.1, 0.15) is 10.6 Å². The molecule has 1 amide bonds. The van der Waals surface area contributed by atoms with Gasteiger partial charge in [-0.2, -0.15) is 0 Å². The second kappa shape index (κ2) is 8.30. The first kappa shape index (κ1) is 20.1. The van der Waals surface area contributed by atoms with Crippen molar-refractivity contribution in [3.63, 3.8) is 0 Å². The molecule has 0 unspecified atom stereocenters. The molecule has 10 heteroatoms. The number of hydrogen-bond acceptors (Lipinski definition) is 5.